The summed E-state index contributed by atoms with van der Waals surface area (Å²) < 4.78 is 0. The second-order valence-corrected chi connectivity index (χ2v) is 3.29. The van der Waals surface area contributed by atoms with Crippen LogP contribution in [-0.2, 0) is 6.42 Å². The molecule has 0 aliphatic heterocycles. The molecule has 0 saturated heterocycles. The SMILES string of the molecule is O=[N+]([O-])c1ccc(CC(O)CCO)cc1. The quantitative estimate of drug-likeness (QED) is 0.559. The molecule has 0 radical (unpaired) electrons. The molecule has 0 fully saturated rings. The lowest BCUT2D eigenvalue weighted by Gasteiger charge is -2.07. The fourth-order valence-electron chi connectivity index (χ4n) is 1.28. The minimum Gasteiger partial charge on any atom is -0.396 e. The van der Waals surface area contributed by atoms with Gasteiger partial charge < -0.3 is 10.2 Å². The fourth-order valence-corrected chi connectivity index (χ4v) is 1.28. The molecule has 5 nitrogen and oxygen atoms in total. The number of hydrogen-bond acceptors (Lipinski definition) is 4. The smallest absolute Gasteiger partial charge is 0.269 e. The van der Waals surface area contributed by atoms with Crippen molar-refractivity contribution in [2.45, 2.75) is 18.9 Å². The van der Waals surface area contributed by atoms with E-state index in [1.54, 1.807) is 12.1 Å². The molecule has 2 N–H and O–H groups in total. The van der Waals surface area contributed by atoms with Gasteiger partial charge in [-0.1, -0.05) is 12.1 Å². The van der Waals surface area contributed by atoms with Gasteiger partial charge in [0.2, 0.25) is 0 Å². The van der Waals surface area contributed by atoms with Gasteiger partial charge >= 0.3 is 0 Å². The topological polar surface area (TPSA) is 83.6 Å². The number of nitro groups is 1. The molecular weight excluding hydrogens is 198 g/mol. The maximum Gasteiger partial charge on any atom is 0.269 e. The first-order valence-corrected chi connectivity index (χ1v) is 4.65. The van der Waals surface area contributed by atoms with Gasteiger partial charge in [0, 0.05) is 18.7 Å². The van der Waals surface area contributed by atoms with E-state index in [4.69, 9.17) is 5.11 Å². The van der Waals surface area contributed by atoms with E-state index in [0.29, 0.717) is 12.8 Å². The van der Waals surface area contributed by atoms with Crippen molar-refractivity contribution < 1.29 is 15.1 Å². The van der Waals surface area contributed by atoms with E-state index in [1.807, 2.05) is 0 Å². The number of nitro benzene ring substituents is 1. The fraction of sp³-hybridized carbons (Fsp3) is 0.400. The molecule has 1 aromatic carbocycles. The van der Waals surface area contributed by atoms with Gasteiger partial charge in [-0.2, -0.15) is 0 Å². The highest BCUT2D eigenvalue weighted by Crippen LogP contribution is 2.13. The summed E-state index contributed by atoms with van der Waals surface area (Å²) >= 11 is 0. The van der Waals surface area contributed by atoms with E-state index >= 15 is 0 Å². The predicted molar refractivity (Wildman–Crippen MR) is 54.5 cm³/mol. The van der Waals surface area contributed by atoms with Crippen LogP contribution in [-0.4, -0.2) is 27.8 Å². The summed E-state index contributed by atoms with van der Waals surface area (Å²) in [6.07, 6.45) is 0.117. The number of rotatable bonds is 5. The average molecular weight is 211 g/mol. The molecule has 0 aliphatic carbocycles. The van der Waals surface area contributed by atoms with Crippen molar-refractivity contribution in [1.29, 1.82) is 0 Å². The van der Waals surface area contributed by atoms with E-state index in [1.165, 1.54) is 12.1 Å². The van der Waals surface area contributed by atoms with Gasteiger partial charge in [0.05, 0.1) is 11.0 Å². The van der Waals surface area contributed by atoms with Crippen LogP contribution in [0.1, 0.15) is 12.0 Å². The Morgan fingerprint density at radius 3 is 2.40 bits per heavy atom. The Kier molecular flexibility index (Phi) is 4.20. The van der Waals surface area contributed by atoms with Crippen molar-refractivity contribution >= 4 is 5.69 Å². The summed E-state index contributed by atoms with van der Waals surface area (Å²) in [4.78, 5) is 9.90. The van der Waals surface area contributed by atoms with E-state index in [-0.39, 0.29) is 12.3 Å². The van der Waals surface area contributed by atoms with E-state index in [9.17, 15) is 15.2 Å². The molecule has 0 saturated carbocycles. The Labute approximate surface area is 87.1 Å². The van der Waals surface area contributed by atoms with Crippen LogP contribution in [0, 0.1) is 10.1 Å². The molecular formula is C10H13NO4. The molecule has 1 rings (SSSR count). The summed E-state index contributed by atoms with van der Waals surface area (Å²) in [5, 5.41) is 28.3. The number of nitrogens with zero attached hydrogens (tertiary/aromatic N) is 1. The molecule has 5 heteroatoms. The Bertz CT molecular complexity index is 323. The molecule has 0 aliphatic rings. The highest BCUT2D eigenvalue weighted by atomic mass is 16.6. The highest BCUT2D eigenvalue weighted by Gasteiger charge is 2.07. The highest BCUT2D eigenvalue weighted by molar-refractivity contribution is 5.33. The van der Waals surface area contributed by atoms with Gasteiger partial charge in [-0.25, -0.2) is 0 Å². The summed E-state index contributed by atoms with van der Waals surface area (Å²) in [7, 11) is 0. The molecule has 15 heavy (non-hydrogen) atoms. The third-order valence-corrected chi connectivity index (χ3v) is 2.08. The third kappa shape index (κ3) is 3.65. The Morgan fingerprint density at radius 2 is 1.93 bits per heavy atom. The van der Waals surface area contributed by atoms with E-state index in [0.717, 1.165) is 5.56 Å². The molecule has 0 amide bonds. The Hall–Kier alpha value is -1.46. The largest absolute Gasteiger partial charge is 0.396 e. The Balaban J connectivity index is 2.60. The van der Waals surface area contributed by atoms with Gasteiger partial charge in [-0.15, -0.1) is 0 Å². The maximum atomic E-state index is 10.4. The average Bonchev–Trinajstić information content (AvgIpc) is 2.18. The number of benzene rings is 1. The molecule has 0 spiro atoms. The van der Waals surface area contributed by atoms with Crippen molar-refractivity contribution in [3.8, 4) is 0 Å². The summed E-state index contributed by atoms with van der Waals surface area (Å²) in [5.41, 5.74) is 0.858. The van der Waals surface area contributed by atoms with Crippen molar-refractivity contribution in [2.24, 2.45) is 0 Å². The van der Waals surface area contributed by atoms with Gasteiger partial charge in [0.15, 0.2) is 0 Å². The predicted octanol–water partition coefficient (Wildman–Crippen LogP) is 0.881. The second-order valence-electron chi connectivity index (χ2n) is 3.29. The normalized spacial score (nSPS) is 12.4. The van der Waals surface area contributed by atoms with Crippen LogP contribution in [0.4, 0.5) is 5.69 Å². The molecule has 1 atom stereocenters. The van der Waals surface area contributed by atoms with Crippen molar-refractivity contribution in [1.82, 2.24) is 0 Å². The lowest BCUT2D eigenvalue weighted by Crippen LogP contribution is -2.12. The van der Waals surface area contributed by atoms with Crippen LogP contribution >= 0.6 is 0 Å². The first kappa shape index (κ1) is 11.6. The van der Waals surface area contributed by atoms with Crippen LogP contribution in [0.3, 0.4) is 0 Å². The number of hydrogen-bond donors (Lipinski definition) is 2. The van der Waals surface area contributed by atoms with Gasteiger partial charge in [0.1, 0.15) is 0 Å². The summed E-state index contributed by atoms with van der Waals surface area (Å²) in [6, 6.07) is 6.03. The lowest BCUT2D eigenvalue weighted by atomic mass is 10.1. The van der Waals surface area contributed by atoms with Crippen LogP contribution in [0.2, 0.25) is 0 Å². The van der Waals surface area contributed by atoms with Gasteiger partial charge in [0.25, 0.3) is 5.69 Å². The molecule has 82 valence electrons. The standard InChI is InChI=1S/C10H13NO4/c12-6-5-10(13)7-8-1-3-9(4-2-8)11(14)15/h1-4,10,12-13H,5-7H2. The second kappa shape index (κ2) is 5.43. The van der Waals surface area contributed by atoms with Crippen molar-refractivity contribution in [3.05, 3.63) is 39.9 Å². The van der Waals surface area contributed by atoms with Crippen LogP contribution < -0.4 is 0 Å². The van der Waals surface area contributed by atoms with E-state index < -0.39 is 11.0 Å². The number of aliphatic hydroxyl groups excluding tert-OH is 2. The molecule has 0 bridgehead atoms. The van der Waals surface area contributed by atoms with Gasteiger partial charge in [-0.3, -0.25) is 10.1 Å². The third-order valence-electron chi connectivity index (χ3n) is 2.08. The minimum absolute atomic E-state index is 0.0374. The lowest BCUT2D eigenvalue weighted by molar-refractivity contribution is -0.384. The zero-order chi connectivity index (χ0) is 11.3. The summed E-state index contributed by atoms with van der Waals surface area (Å²) in [6.45, 7) is -0.0614. The zero-order valence-corrected chi connectivity index (χ0v) is 8.17. The monoisotopic (exact) mass is 211 g/mol. The Morgan fingerprint density at radius 1 is 1.33 bits per heavy atom. The maximum absolute atomic E-state index is 10.4. The number of aliphatic hydroxyl groups is 2. The van der Waals surface area contributed by atoms with Crippen LogP contribution in [0.15, 0.2) is 24.3 Å². The first-order valence-electron chi connectivity index (χ1n) is 4.65. The molecule has 1 unspecified atom stereocenters. The van der Waals surface area contributed by atoms with Crippen LogP contribution in [0.5, 0.6) is 0 Å². The number of non-ortho nitro benzene ring substituents is 1. The minimum atomic E-state index is -0.601. The van der Waals surface area contributed by atoms with E-state index in [2.05, 4.69) is 0 Å². The summed E-state index contributed by atoms with van der Waals surface area (Å²) in [5.74, 6) is 0. The molecule has 0 aromatic heterocycles. The molecule has 1 aromatic rings. The zero-order valence-electron chi connectivity index (χ0n) is 8.17. The van der Waals surface area contributed by atoms with Crippen molar-refractivity contribution in [3.63, 3.8) is 0 Å². The van der Waals surface area contributed by atoms with Crippen LogP contribution in [0.25, 0.3) is 0 Å². The first-order chi connectivity index (χ1) is 7.13. The molecule has 0 heterocycles. The van der Waals surface area contributed by atoms with Crippen molar-refractivity contribution in [2.75, 3.05) is 6.61 Å². The van der Waals surface area contributed by atoms with Gasteiger partial charge in [-0.05, 0) is 18.4 Å².